The van der Waals surface area contributed by atoms with E-state index in [2.05, 4.69) is 25.7 Å². The fourth-order valence-corrected chi connectivity index (χ4v) is 2.68. The van der Waals surface area contributed by atoms with Crippen molar-refractivity contribution in [2.24, 2.45) is 0 Å². The summed E-state index contributed by atoms with van der Waals surface area (Å²) in [5.74, 6) is 0.280. The van der Waals surface area contributed by atoms with Gasteiger partial charge < -0.3 is 20.1 Å². The molecule has 3 aromatic heterocycles. The molecule has 0 bridgehead atoms. The molecule has 10 heteroatoms. The number of aromatic nitrogens is 4. The van der Waals surface area contributed by atoms with Crippen molar-refractivity contribution in [2.75, 3.05) is 24.9 Å². The molecule has 0 radical (unpaired) electrons. The number of halogens is 1. The van der Waals surface area contributed by atoms with Crippen LogP contribution in [0.4, 0.5) is 16.2 Å². The predicted octanol–water partition coefficient (Wildman–Crippen LogP) is 3.14. The number of ether oxygens (including phenoxy) is 2. The summed E-state index contributed by atoms with van der Waals surface area (Å²) in [5.41, 5.74) is 2.23. The molecule has 136 valence electrons. The zero-order chi connectivity index (χ0) is 18.7. The largest absolute Gasteiger partial charge is 0.480 e. The number of anilines is 2. The first kappa shape index (κ1) is 17.9. The second kappa shape index (κ2) is 7.54. The first-order valence-corrected chi connectivity index (χ1v) is 8.04. The fraction of sp³-hybridized carbons (Fsp3) is 0.250. The molecule has 3 rings (SSSR count). The third-order valence-electron chi connectivity index (χ3n) is 3.73. The SMILES string of the molecule is COc1ncc(NC(=O)Nc2cnn3ccnc3c2[C@@H](C)OC)cc1Cl. The summed E-state index contributed by atoms with van der Waals surface area (Å²) >= 11 is 6.01. The Hall–Kier alpha value is -2.91. The minimum atomic E-state index is -0.477. The lowest BCUT2D eigenvalue weighted by Gasteiger charge is -2.16. The first-order valence-electron chi connectivity index (χ1n) is 7.66. The van der Waals surface area contributed by atoms with Gasteiger partial charge >= 0.3 is 6.03 Å². The van der Waals surface area contributed by atoms with Crippen LogP contribution in [0, 0.1) is 0 Å². The second-order valence-electron chi connectivity index (χ2n) is 5.34. The van der Waals surface area contributed by atoms with Crippen LogP contribution in [0.2, 0.25) is 5.02 Å². The molecule has 1 atom stereocenters. The van der Waals surface area contributed by atoms with Gasteiger partial charge in [-0.3, -0.25) is 0 Å². The maximum Gasteiger partial charge on any atom is 0.323 e. The van der Waals surface area contributed by atoms with Crippen LogP contribution in [-0.4, -0.2) is 39.8 Å². The van der Waals surface area contributed by atoms with E-state index in [9.17, 15) is 4.79 Å². The van der Waals surface area contributed by atoms with Gasteiger partial charge in [0.1, 0.15) is 5.02 Å². The standard InChI is InChI=1S/C16H17ClN6O3/c1-9(25-2)13-12(8-20-23-5-4-18-14(13)23)22-16(24)21-10-6-11(17)15(26-3)19-7-10/h4-9H,1-3H3,(H2,21,22,24)/t9-/m1/s1. The number of rotatable bonds is 5. The van der Waals surface area contributed by atoms with Crippen LogP contribution in [0.5, 0.6) is 5.88 Å². The van der Waals surface area contributed by atoms with Crippen molar-refractivity contribution in [3.63, 3.8) is 0 Å². The molecule has 2 amide bonds. The van der Waals surface area contributed by atoms with E-state index in [1.54, 1.807) is 36.3 Å². The number of fused-ring (bicyclic) bond motifs is 1. The van der Waals surface area contributed by atoms with E-state index in [4.69, 9.17) is 21.1 Å². The predicted molar refractivity (Wildman–Crippen MR) is 96.9 cm³/mol. The van der Waals surface area contributed by atoms with Crippen molar-refractivity contribution in [1.82, 2.24) is 19.6 Å². The van der Waals surface area contributed by atoms with Crippen molar-refractivity contribution in [3.05, 3.63) is 41.4 Å². The molecule has 0 unspecified atom stereocenters. The van der Waals surface area contributed by atoms with Gasteiger partial charge in [0.05, 0.1) is 42.5 Å². The number of carbonyl (C=O) groups excluding carboxylic acids is 1. The van der Waals surface area contributed by atoms with Gasteiger partial charge in [-0.1, -0.05) is 11.6 Å². The maximum absolute atomic E-state index is 12.4. The van der Waals surface area contributed by atoms with Gasteiger partial charge in [0.25, 0.3) is 0 Å². The molecular formula is C16H17ClN6O3. The molecule has 0 spiro atoms. The Morgan fingerprint density at radius 2 is 2.08 bits per heavy atom. The average Bonchev–Trinajstić information content (AvgIpc) is 3.09. The van der Waals surface area contributed by atoms with Crippen molar-refractivity contribution >= 4 is 34.7 Å². The van der Waals surface area contributed by atoms with Gasteiger partial charge in [0, 0.05) is 19.5 Å². The van der Waals surface area contributed by atoms with Crippen molar-refractivity contribution in [2.45, 2.75) is 13.0 Å². The van der Waals surface area contributed by atoms with E-state index in [0.29, 0.717) is 27.6 Å². The van der Waals surface area contributed by atoms with Crippen LogP contribution >= 0.6 is 11.6 Å². The Balaban J connectivity index is 1.84. The molecule has 2 N–H and O–H groups in total. The van der Waals surface area contributed by atoms with Gasteiger partial charge in [-0.25, -0.2) is 19.3 Å². The normalized spacial score (nSPS) is 12.0. The van der Waals surface area contributed by atoms with Gasteiger partial charge in [-0.05, 0) is 13.0 Å². The van der Waals surface area contributed by atoms with Crippen molar-refractivity contribution in [3.8, 4) is 5.88 Å². The number of hydrogen-bond donors (Lipinski definition) is 2. The summed E-state index contributed by atoms with van der Waals surface area (Å²) in [6, 6.07) is 1.07. The Labute approximate surface area is 154 Å². The summed E-state index contributed by atoms with van der Waals surface area (Å²) in [6.45, 7) is 1.86. The Morgan fingerprint density at radius 1 is 1.27 bits per heavy atom. The molecule has 0 saturated heterocycles. The zero-order valence-corrected chi connectivity index (χ0v) is 15.1. The lowest BCUT2D eigenvalue weighted by molar-refractivity contribution is 0.120. The summed E-state index contributed by atoms with van der Waals surface area (Å²) < 4.78 is 12.0. The lowest BCUT2D eigenvalue weighted by atomic mass is 10.1. The molecule has 0 fully saturated rings. The minimum absolute atomic E-state index is 0.280. The van der Waals surface area contributed by atoms with Crippen LogP contribution in [0.15, 0.2) is 30.9 Å². The van der Waals surface area contributed by atoms with E-state index in [0.717, 1.165) is 0 Å². The minimum Gasteiger partial charge on any atom is -0.480 e. The Bertz CT molecular complexity index is 945. The van der Waals surface area contributed by atoms with Crippen LogP contribution in [0.3, 0.4) is 0 Å². The van der Waals surface area contributed by atoms with Crippen LogP contribution in [0.25, 0.3) is 5.65 Å². The second-order valence-corrected chi connectivity index (χ2v) is 5.75. The van der Waals surface area contributed by atoms with Crippen molar-refractivity contribution < 1.29 is 14.3 Å². The molecule has 0 aliphatic carbocycles. The zero-order valence-electron chi connectivity index (χ0n) is 14.4. The molecule has 0 aromatic carbocycles. The van der Waals surface area contributed by atoms with Gasteiger partial charge in [-0.2, -0.15) is 5.10 Å². The number of imidazole rings is 1. The highest BCUT2D eigenvalue weighted by Crippen LogP contribution is 2.28. The third kappa shape index (κ3) is 3.53. The van der Waals surface area contributed by atoms with Crippen molar-refractivity contribution in [1.29, 1.82) is 0 Å². The van der Waals surface area contributed by atoms with Gasteiger partial charge in [-0.15, -0.1) is 0 Å². The summed E-state index contributed by atoms with van der Waals surface area (Å²) in [5, 5.41) is 9.93. The van der Waals surface area contributed by atoms with Gasteiger partial charge in [0.2, 0.25) is 5.88 Å². The quantitative estimate of drug-likeness (QED) is 0.709. The van der Waals surface area contributed by atoms with Crippen LogP contribution < -0.4 is 15.4 Å². The third-order valence-corrected chi connectivity index (χ3v) is 4.00. The highest BCUT2D eigenvalue weighted by Gasteiger charge is 2.18. The van der Waals surface area contributed by atoms with E-state index >= 15 is 0 Å². The monoisotopic (exact) mass is 376 g/mol. The number of amides is 2. The Morgan fingerprint density at radius 3 is 2.77 bits per heavy atom. The van der Waals surface area contributed by atoms with E-state index < -0.39 is 6.03 Å². The molecule has 0 aliphatic rings. The van der Waals surface area contributed by atoms with Crippen LogP contribution in [-0.2, 0) is 4.74 Å². The molecule has 3 aromatic rings. The molecular weight excluding hydrogens is 360 g/mol. The molecule has 0 saturated carbocycles. The molecule has 3 heterocycles. The molecule has 26 heavy (non-hydrogen) atoms. The highest BCUT2D eigenvalue weighted by atomic mass is 35.5. The summed E-state index contributed by atoms with van der Waals surface area (Å²) in [4.78, 5) is 20.7. The molecule has 0 aliphatic heterocycles. The lowest BCUT2D eigenvalue weighted by Crippen LogP contribution is -2.21. The summed E-state index contributed by atoms with van der Waals surface area (Å²) in [6.07, 6.45) is 6.03. The first-order chi connectivity index (χ1) is 12.5. The van der Waals surface area contributed by atoms with E-state index in [1.807, 2.05) is 6.92 Å². The summed E-state index contributed by atoms with van der Waals surface area (Å²) in [7, 11) is 3.05. The van der Waals surface area contributed by atoms with E-state index in [-0.39, 0.29) is 12.0 Å². The number of methoxy groups -OCH3 is 2. The topological polar surface area (TPSA) is 103 Å². The number of nitrogens with zero attached hydrogens (tertiary/aromatic N) is 4. The van der Waals surface area contributed by atoms with Crippen LogP contribution in [0.1, 0.15) is 18.6 Å². The van der Waals surface area contributed by atoms with E-state index in [1.165, 1.54) is 13.3 Å². The number of pyridine rings is 1. The van der Waals surface area contributed by atoms with Gasteiger partial charge in [0.15, 0.2) is 5.65 Å². The number of carbonyl (C=O) groups is 1. The fourth-order valence-electron chi connectivity index (χ4n) is 2.44. The average molecular weight is 377 g/mol. The highest BCUT2D eigenvalue weighted by molar-refractivity contribution is 6.32. The number of nitrogens with one attached hydrogen (secondary N) is 2. The molecule has 9 nitrogen and oxygen atoms in total. The number of hydrogen-bond acceptors (Lipinski definition) is 6. The number of urea groups is 1. The maximum atomic E-state index is 12.4. The Kier molecular flexibility index (Phi) is 5.19. The smallest absolute Gasteiger partial charge is 0.323 e.